The van der Waals surface area contributed by atoms with Crippen molar-refractivity contribution in [3.05, 3.63) is 0 Å². The molecule has 1 aliphatic heterocycles. The number of unbranched alkanes of at least 4 members (excludes halogenated alkanes) is 1. The summed E-state index contributed by atoms with van der Waals surface area (Å²) < 4.78 is 16.5. The van der Waals surface area contributed by atoms with Crippen LogP contribution >= 0.6 is 24.0 Å². The average molecular weight is 443 g/mol. The second-order valence-corrected chi connectivity index (χ2v) is 5.37. The summed E-state index contributed by atoms with van der Waals surface area (Å²) in [5.74, 6) is 0.863. The molecule has 1 fully saturated rings. The van der Waals surface area contributed by atoms with Crippen molar-refractivity contribution in [1.82, 2.24) is 10.6 Å². The molecule has 1 aliphatic rings. The first kappa shape index (κ1) is 22.9. The van der Waals surface area contributed by atoms with E-state index in [1.165, 1.54) is 0 Å². The fourth-order valence-corrected chi connectivity index (χ4v) is 2.27. The second kappa shape index (κ2) is 16.7. The molecule has 6 nitrogen and oxygen atoms in total. The van der Waals surface area contributed by atoms with Crippen molar-refractivity contribution in [2.45, 2.75) is 45.1 Å². The van der Waals surface area contributed by atoms with Gasteiger partial charge in [0, 0.05) is 53.2 Å². The van der Waals surface area contributed by atoms with E-state index in [9.17, 15) is 0 Å². The van der Waals surface area contributed by atoms with Gasteiger partial charge in [-0.05, 0) is 39.0 Å². The summed E-state index contributed by atoms with van der Waals surface area (Å²) in [5.41, 5.74) is 0. The summed E-state index contributed by atoms with van der Waals surface area (Å²) in [6, 6.07) is 0. The third-order valence-corrected chi connectivity index (χ3v) is 3.57. The number of nitrogens with zero attached hydrogens (tertiary/aromatic N) is 1. The van der Waals surface area contributed by atoms with Crippen LogP contribution in [-0.2, 0) is 14.2 Å². The molecule has 0 radical (unpaired) electrons. The molecule has 23 heavy (non-hydrogen) atoms. The van der Waals surface area contributed by atoms with E-state index in [2.05, 4.69) is 15.6 Å². The highest BCUT2D eigenvalue weighted by atomic mass is 127. The summed E-state index contributed by atoms with van der Waals surface area (Å²) in [6.45, 7) is 7.93. The molecule has 0 spiro atoms. The van der Waals surface area contributed by atoms with E-state index in [1.54, 1.807) is 7.05 Å². The Hall–Kier alpha value is -0.120. The lowest BCUT2D eigenvalue weighted by Crippen LogP contribution is -2.38. The Bertz CT molecular complexity index is 288. The van der Waals surface area contributed by atoms with E-state index >= 15 is 0 Å². The van der Waals surface area contributed by atoms with Crippen LogP contribution in [0.25, 0.3) is 0 Å². The van der Waals surface area contributed by atoms with Gasteiger partial charge in [0.15, 0.2) is 5.96 Å². The molecule has 7 heteroatoms. The number of aliphatic imine (C=N–C) groups is 1. The predicted molar refractivity (Wildman–Crippen MR) is 105 cm³/mol. The fourth-order valence-electron chi connectivity index (χ4n) is 2.27. The minimum Gasteiger partial charge on any atom is -0.382 e. The van der Waals surface area contributed by atoms with Gasteiger partial charge in [-0.3, -0.25) is 4.99 Å². The third kappa shape index (κ3) is 12.9. The van der Waals surface area contributed by atoms with Crippen LogP contribution in [0, 0.1) is 0 Å². The highest BCUT2D eigenvalue weighted by molar-refractivity contribution is 14.0. The van der Waals surface area contributed by atoms with Crippen LogP contribution in [0.2, 0.25) is 0 Å². The maximum Gasteiger partial charge on any atom is 0.190 e. The second-order valence-electron chi connectivity index (χ2n) is 5.37. The van der Waals surface area contributed by atoms with Crippen LogP contribution in [0.15, 0.2) is 4.99 Å². The molecule has 0 aromatic carbocycles. The van der Waals surface area contributed by atoms with Crippen LogP contribution in [0.3, 0.4) is 0 Å². The van der Waals surface area contributed by atoms with Crippen molar-refractivity contribution in [3.63, 3.8) is 0 Å². The predicted octanol–water partition coefficient (Wildman–Crippen LogP) is 2.17. The highest BCUT2D eigenvalue weighted by Gasteiger charge is 2.13. The molecule has 0 bridgehead atoms. The lowest BCUT2D eigenvalue weighted by Gasteiger charge is -2.22. The van der Waals surface area contributed by atoms with E-state index in [-0.39, 0.29) is 24.0 Å². The monoisotopic (exact) mass is 443 g/mol. The minimum atomic E-state index is 0. The van der Waals surface area contributed by atoms with Gasteiger partial charge in [-0.25, -0.2) is 0 Å². The van der Waals surface area contributed by atoms with Crippen LogP contribution < -0.4 is 10.6 Å². The van der Waals surface area contributed by atoms with Gasteiger partial charge >= 0.3 is 0 Å². The Kier molecular flexibility index (Phi) is 16.6. The smallest absolute Gasteiger partial charge is 0.190 e. The van der Waals surface area contributed by atoms with E-state index in [0.717, 1.165) is 84.2 Å². The van der Waals surface area contributed by atoms with Gasteiger partial charge in [-0.2, -0.15) is 0 Å². The summed E-state index contributed by atoms with van der Waals surface area (Å²) in [6.07, 6.45) is 5.60. The Labute approximate surface area is 158 Å². The number of hydrogen-bond donors (Lipinski definition) is 2. The van der Waals surface area contributed by atoms with Crippen LogP contribution in [-0.4, -0.2) is 65.2 Å². The van der Waals surface area contributed by atoms with Gasteiger partial charge in [0.05, 0.1) is 6.10 Å². The topological polar surface area (TPSA) is 64.1 Å². The van der Waals surface area contributed by atoms with Gasteiger partial charge in [0.1, 0.15) is 0 Å². The largest absolute Gasteiger partial charge is 0.382 e. The Balaban J connectivity index is 0.00000484. The highest BCUT2D eigenvalue weighted by Crippen LogP contribution is 2.10. The molecule has 0 aromatic rings. The molecule has 0 atom stereocenters. The van der Waals surface area contributed by atoms with Crippen molar-refractivity contribution in [1.29, 1.82) is 0 Å². The maximum absolute atomic E-state index is 5.84. The van der Waals surface area contributed by atoms with Gasteiger partial charge < -0.3 is 24.8 Å². The Morgan fingerprint density at radius 2 is 1.78 bits per heavy atom. The molecule has 1 rings (SSSR count). The standard InChI is InChI=1S/C16H33N3O3.HI/c1-3-20-11-5-4-9-18-16(17-2)19-10-6-12-22-15-7-13-21-14-8-15;/h15H,3-14H2,1-2H3,(H2,17,18,19);1H. The zero-order valence-electron chi connectivity index (χ0n) is 14.6. The van der Waals surface area contributed by atoms with Crippen molar-refractivity contribution < 1.29 is 14.2 Å². The molecule has 2 N–H and O–H groups in total. The maximum atomic E-state index is 5.84. The first-order valence-electron chi connectivity index (χ1n) is 8.58. The first-order valence-corrected chi connectivity index (χ1v) is 8.58. The number of ether oxygens (including phenoxy) is 3. The Morgan fingerprint density at radius 1 is 1.09 bits per heavy atom. The van der Waals surface area contributed by atoms with E-state index in [4.69, 9.17) is 14.2 Å². The van der Waals surface area contributed by atoms with Crippen LogP contribution in [0.4, 0.5) is 0 Å². The fraction of sp³-hybridized carbons (Fsp3) is 0.938. The third-order valence-electron chi connectivity index (χ3n) is 3.57. The molecule has 0 amide bonds. The summed E-state index contributed by atoms with van der Waals surface area (Å²) in [5, 5.41) is 6.62. The van der Waals surface area contributed by atoms with Crippen molar-refractivity contribution >= 4 is 29.9 Å². The molecular formula is C16H34IN3O3. The summed E-state index contributed by atoms with van der Waals surface area (Å²) in [4.78, 5) is 4.22. The normalized spacial score (nSPS) is 16.0. The van der Waals surface area contributed by atoms with Crippen molar-refractivity contribution in [2.24, 2.45) is 4.99 Å². The van der Waals surface area contributed by atoms with Crippen LogP contribution in [0.1, 0.15) is 39.0 Å². The number of halogens is 1. The number of hydrogen-bond acceptors (Lipinski definition) is 4. The van der Waals surface area contributed by atoms with E-state index in [1.807, 2.05) is 6.92 Å². The number of nitrogens with one attached hydrogen (secondary N) is 2. The zero-order valence-corrected chi connectivity index (χ0v) is 17.0. The molecule has 0 saturated carbocycles. The molecule has 0 unspecified atom stereocenters. The molecule has 1 saturated heterocycles. The SMILES string of the molecule is CCOCCCCNC(=NC)NCCCOC1CCOCC1.I. The number of rotatable bonds is 11. The minimum absolute atomic E-state index is 0. The summed E-state index contributed by atoms with van der Waals surface area (Å²) in [7, 11) is 1.80. The van der Waals surface area contributed by atoms with Gasteiger partial charge in [0.25, 0.3) is 0 Å². The quantitative estimate of drug-likeness (QED) is 0.222. The zero-order chi connectivity index (χ0) is 15.9. The number of guanidine groups is 1. The van der Waals surface area contributed by atoms with Crippen molar-refractivity contribution in [3.8, 4) is 0 Å². The summed E-state index contributed by atoms with van der Waals surface area (Å²) >= 11 is 0. The van der Waals surface area contributed by atoms with E-state index < -0.39 is 0 Å². The molecule has 0 aliphatic carbocycles. The molecule has 1 heterocycles. The lowest BCUT2D eigenvalue weighted by atomic mass is 10.1. The molecule has 138 valence electrons. The molecule has 0 aromatic heterocycles. The van der Waals surface area contributed by atoms with Crippen LogP contribution in [0.5, 0.6) is 0 Å². The van der Waals surface area contributed by atoms with Gasteiger partial charge in [-0.15, -0.1) is 24.0 Å². The lowest BCUT2D eigenvalue weighted by molar-refractivity contribution is -0.0320. The van der Waals surface area contributed by atoms with E-state index in [0.29, 0.717) is 6.10 Å². The molecular weight excluding hydrogens is 409 g/mol. The van der Waals surface area contributed by atoms with Crippen molar-refractivity contribution in [2.75, 3.05) is 53.2 Å². The Morgan fingerprint density at radius 3 is 2.43 bits per heavy atom. The van der Waals surface area contributed by atoms with Gasteiger partial charge in [-0.1, -0.05) is 0 Å². The average Bonchev–Trinajstić information content (AvgIpc) is 2.56. The first-order chi connectivity index (χ1) is 10.9. The van der Waals surface area contributed by atoms with Gasteiger partial charge in [0.2, 0.25) is 0 Å².